The lowest BCUT2D eigenvalue weighted by molar-refractivity contribution is -0.145. The number of hydrogen-bond donors (Lipinski definition) is 2. The molecule has 1 fully saturated rings. The number of carboxylic acid groups (broad SMARTS) is 1. The van der Waals surface area contributed by atoms with Gasteiger partial charge < -0.3 is 10.4 Å². The summed E-state index contributed by atoms with van der Waals surface area (Å²) in [5, 5.41) is 12.6. The molecule has 0 bridgehead atoms. The number of carboxylic acids is 1. The van der Waals surface area contributed by atoms with Crippen molar-refractivity contribution in [1.29, 1.82) is 0 Å². The van der Waals surface area contributed by atoms with Gasteiger partial charge in [0, 0.05) is 4.88 Å². The van der Waals surface area contributed by atoms with Crippen LogP contribution in [0, 0.1) is 31.6 Å². The summed E-state index contributed by atoms with van der Waals surface area (Å²) < 4.78 is 0. The third-order valence-corrected chi connectivity index (χ3v) is 5.14. The molecule has 110 valence electrons. The summed E-state index contributed by atoms with van der Waals surface area (Å²) in [6.07, 6.45) is 2.17. The van der Waals surface area contributed by atoms with Gasteiger partial charge in [0.2, 0.25) is 5.91 Å². The monoisotopic (exact) mass is 296 g/mol. The first kappa shape index (κ1) is 15.0. The van der Waals surface area contributed by atoms with Crippen molar-refractivity contribution < 1.29 is 14.7 Å². The standard InChI is InChI=1S/C14H20N2O3S/c1-4-9-5-10(11(6-9)13(18)19)12(17)16-14-15-7(2)8(3)20-14/h9-11H,4-6H2,1-3H3,(H,18,19)(H,15,16,17)/t9?,10-,11+/m0/s1. The Bertz CT molecular complexity index is 507. The zero-order valence-corrected chi connectivity index (χ0v) is 12.8. The van der Waals surface area contributed by atoms with Crippen molar-refractivity contribution in [2.75, 3.05) is 5.32 Å². The number of nitrogens with zero attached hydrogens (tertiary/aromatic N) is 1. The molecule has 1 unspecified atom stereocenters. The number of hydrogen-bond acceptors (Lipinski definition) is 4. The van der Waals surface area contributed by atoms with Crippen molar-refractivity contribution in [1.82, 2.24) is 4.98 Å². The van der Waals surface area contributed by atoms with E-state index in [0.717, 1.165) is 17.0 Å². The first-order chi connectivity index (χ1) is 9.42. The average molecular weight is 296 g/mol. The van der Waals surface area contributed by atoms with Gasteiger partial charge in [-0.1, -0.05) is 13.3 Å². The molecule has 0 saturated heterocycles. The summed E-state index contributed by atoms with van der Waals surface area (Å²) in [6, 6.07) is 0. The average Bonchev–Trinajstić information content (AvgIpc) is 2.94. The fourth-order valence-electron chi connectivity index (χ4n) is 2.76. The minimum absolute atomic E-state index is 0.206. The van der Waals surface area contributed by atoms with Crippen LogP contribution in [0.4, 0.5) is 5.13 Å². The van der Waals surface area contributed by atoms with Gasteiger partial charge in [-0.05, 0) is 32.6 Å². The number of thiazole rings is 1. The van der Waals surface area contributed by atoms with Gasteiger partial charge >= 0.3 is 5.97 Å². The van der Waals surface area contributed by atoms with E-state index in [4.69, 9.17) is 0 Å². The molecule has 1 amide bonds. The molecule has 6 heteroatoms. The Morgan fingerprint density at radius 2 is 2.00 bits per heavy atom. The number of aromatic nitrogens is 1. The highest BCUT2D eigenvalue weighted by Gasteiger charge is 2.42. The lowest BCUT2D eigenvalue weighted by Crippen LogP contribution is -2.29. The molecule has 1 saturated carbocycles. The van der Waals surface area contributed by atoms with Crippen LogP contribution in [-0.2, 0) is 9.59 Å². The number of carbonyl (C=O) groups excluding carboxylic acids is 1. The van der Waals surface area contributed by atoms with Crippen LogP contribution in [0.15, 0.2) is 0 Å². The minimum Gasteiger partial charge on any atom is -0.481 e. The van der Waals surface area contributed by atoms with E-state index in [9.17, 15) is 14.7 Å². The van der Waals surface area contributed by atoms with Crippen LogP contribution in [0.3, 0.4) is 0 Å². The van der Waals surface area contributed by atoms with Crippen LogP contribution >= 0.6 is 11.3 Å². The molecule has 2 N–H and O–H groups in total. The summed E-state index contributed by atoms with van der Waals surface area (Å²) in [6.45, 7) is 5.88. The Labute approximate surface area is 122 Å². The summed E-state index contributed by atoms with van der Waals surface area (Å²) >= 11 is 1.43. The van der Waals surface area contributed by atoms with Crippen molar-refractivity contribution in [3.63, 3.8) is 0 Å². The number of nitrogens with one attached hydrogen (secondary N) is 1. The normalized spacial score (nSPS) is 25.6. The zero-order valence-electron chi connectivity index (χ0n) is 12.0. The SMILES string of the molecule is CCC1C[C@H](C(=O)Nc2nc(C)c(C)s2)[C@H](C(=O)O)C1. The van der Waals surface area contributed by atoms with Crippen molar-refractivity contribution in [3.8, 4) is 0 Å². The van der Waals surface area contributed by atoms with Crippen molar-refractivity contribution >= 4 is 28.3 Å². The van der Waals surface area contributed by atoms with Crippen molar-refractivity contribution in [3.05, 3.63) is 10.6 Å². The van der Waals surface area contributed by atoms with E-state index < -0.39 is 17.8 Å². The maximum absolute atomic E-state index is 12.3. The summed E-state index contributed by atoms with van der Waals surface area (Å²) in [5.74, 6) is -1.76. The molecule has 2 rings (SSSR count). The van der Waals surface area contributed by atoms with Gasteiger partial charge in [-0.3, -0.25) is 9.59 Å². The van der Waals surface area contributed by atoms with E-state index >= 15 is 0 Å². The van der Waals surface area contributed by atoms with Gasteiger partial charge in [-0.25, -0.2) is 4.98 Å². The molecular weight excluding hydrogens is 276 g/mol. The molecule has 1 aliphatic rings. The Morgan fingerprint density at radius 1 is 1.35 bits per heavy atom. The number of rotatable bonds is 4. The fourth-order valence-corrected chi connectivity index (χ4v) is 3.58. The van der Waals surface area contributed by atoms with Crippen LogP contribution in [0.5, 0.6) is 0 Å². The number of aryl methyl sites for hydroxylation is 2. The van der Waals surface area contributed by atoms with E-state index in [0.29, 0.717) is 23.9 Å². The molecule has 0 aliphatic heterocycles. The first-order valence-corrected chi connectivity index (χ1v) is 7.71. The molecule has 20 heavy (non-hydrogen) atoms. The maximum atomic E-state index is 12.3. The molecule has 3 atom stereocenters. The molecular formula is C14H20N2O3S. The second-order valence-corrected chi connectivity index (χ2v) is 6.65. The third-order valence-electron chi connectivity index (χ3n) is 4.15. The Hall–Kier alpha value is -1.43. The Kier molecular flexibility index (Phi) is 4.42. The van der Waals surface area contributed by atoms with Gasteiger partial charge in [-0.2, -0.15) is 0 Å². The lowest BCUT2D eigenvalue weighted by atomic mass is 9.95. The Morgan fingerprint density at radius 3 is 2.50 bits per heavy atom. The minimum atomic E-state index is -0.868. The van der Waals surface area contributed by atoms with Crippen LogP contribution in [0.1, 0.15) is 36.8 Å². The highest BCUT2D eigenvalue weighted by atomic mass is 32.1. The van der Waals surface area contributed by atoms with Gasteiger partial charge in [0.1, 0.15) is 0 Å². The maximum Gasteiger partial charge on any atom is 0.307 e. The number of aliphatic carboxylic acids is 1. The van der Waals surface area contributed by atoms with Gasteiger partial charge in [-0.15, -0.1) is 11.3 Å². The Balaban J connectivity index is 2.09. The predicted molar refractivity (Wildman–Crippen MR) is 77.8 cm³/mol. The molecule has 1 aromatic rings. The third kappa shape index (κ3) is 3.00. The molecule has 0 spiro atoms. The molecule has 0 aromatic carbocycles. The summed E-state index contributed by atoms with van der Waals surface area (Å²) in [4.78, 5) is 28.9. The summed E-state index contributed by atoms with van der Waals surface area (Å²) in [7, 11) is 0. The molecule has 0 radical (unpaired) electrons. The van der Waals surface area contributed by atoms with Gasteiger partial charge in [0.15, 0.2) is 5.13 Å². The van der Waals surface area contributed by atoms with E-state index in [-0.39, 0.29) is 5.91 Å². The molecule has 1 aromatic heterocycles. The van der Waals surface area contributed by atoms with E-state index in [1.54, 1.807) is 0 Å². The second-order valence-electron chi connectivity index (χ2n) is 5.45. The highest BCUT2D eigenvalue weighted by molar-refractivity contribution is 7.15. The second kappa shape index (κ2) is 5.91. The van der Waals surface area contributed by atoms with E-state index in [1.807, 2.05) is 20.8 Å². The number of carbonyl (C=O) groups is 2. The van der Waals surface area contributed by atoms with Crippen LogP contribution in [0.25, 0.3) is 0 Å². The number of anilines is 1. The van der Waals surface area contributed by atoms with E-state index in [1.165, 1.54) is 11.3 Å². The van der Waals surface area contributed by atoms with Crippen molar-refractivity contribution in [2.24, 2.45) is 17.8 Å². The van der Waals surface area contributed by atoms with Gasteiger partial charge in [0.05, 0.1) is 17.5 Å². The first-order valence-electron chi connectivity index (χ1n) is 6.90. The van der Waals surface area contributed by atoms with Crippen molar-refractivity contribution in [2.45, 2.75) is 40.0 Å². The fraction of sp³-hybridized carbons (Fsp3) is 0.643. The highest BCUT2D eigenvalue weighted by Crippen LogP contribution is 2.39. The largest absolute Gasteiger partial charge is 0.481 e. The smallest absolute Gasteiger partial charge is 0.307 e. The van der Waals surface area contributed by atoms with Crippen LogP contribution in [-0.4, -0.2) is 22.0 Å². The molecule has 1 aliphatic carbocycles. The van der Waals surface area contributed by atoms with Gasteiger partial charge in [0.25, 0.3) is 0 Å². The topological polar surface area (TPSA) is 79.3 Å². The predicted octanol–water partition coefficient (Wildman–Crippen LogP) is 2.84. The summed E-state index contributed by atoms with van der Waals surface area (Å²) in [5.41, 5.74) is 0.901. The zero-order chi connectivity index (χ0) is 14.9. The number of amides is 1. The van der Waals surface area contributed by atoms with E-state index in [2.05, 4.69) is 10.3 Å². The molecule has 5 nitrogen and oxygen atoms in total. The lowest BCUT2D eigenvalue weighted by Gasteiger charge is -2.14. The molecule has 1 heterocycles. The quantitative estimate of drug-likeness (QED) is 0.895. The van der Waals surface area contributed by atoms with Crippen LogP contribution < -0.4 is 5.32 Å². The van der Waals surface area contributed by atoms with Crippen LogP contribution in [0.2, 0.25) is 0 Å².